The molecule has 3 rings (SSSR count). The van der Waals surface area contributed by atoms with Gasteiger partial charge in [-0.05, 0) is 18.4 Å². The Bertz CT molecular complexity index is 905. The quantitative estimate of drug-likeness (QED) is 0.514. The van der Waals surface area contributed by atoms with Crippen molar-refractivity contribution in [3.05, 3.63) is 54.4 Å². The molecule has 0 atom stereocenters. The maximum Gasteiger partial charge on any atom is 0.412 e. The number of imidazole rings is 1. The fourth-order valence-electron chi connectivity index (χ4n) is 2.54. The van der Waals surface area contributed by atoms with E-state index in [1.165, 1.54) is 5.56 Å². The summed E-state index contributed by atoms with van der Waals surface area (Å²) in [4.78, 5) is 23.3. The van der Waals surface area contributed by atoms with Crippen molar-refractivity contribution in [3.63, 3.8) is 0 Å². The van der Waals surface area contributed by atoms with E-state index in [-0.39, 0.29) is 0 Å². The van der Waals surface area contributed by atoms with Gasteiger partial charge in [-0.3, -0.25) is 5.32 Å². The summed E-state index contributed by atoms with van der Waals surface area (Å²) in [6.45, 7) is 3.05. The van der Waals surface area contributed by atoms with E-state index in [1.54, 1.807) is 12.4 Å². The molecule has 0 saturated carbocycles. The van der Waals surface area contributed by atoms with Gasteiger partial charge in [-0.15, -0.1) is 0 Å². The number of aromatic amines is 1. The van der Waals surface area contributed by atoms with Crippen LogP contribution in [0.3, 0.4) is 0 Å². The maximum atomic E-state index is 11.8. The Morgan fingerprint density at radius 1 is 1.30 bits per heavy atom. The number of carbonyl (C=O) groups is 1. The molecule has 7 nitrogen and oxygen atoms in total. The molecular formula is C20H23N5O2. The van der Waals surface area contributed by atoms with Crippen LogP contribution in [0.1, 0.15) is 25.3 Å². The summed E-state index contributed by atoms with van der Waals surface area (Å²) < 4.78 is 5.04. The largest absolute Gasteiger partial charge is 0.449 e. The Morgan fingerprint density at radius 3 is 2.96 bits per heavy atom. The van der Waals surface area contributed by atoms with Crippen molar-refractivity contribution in [1.29, 1.82) is 0 Å². The van der Waals surface area contributed by atoms with E-state index >= 15 is 0 Å². The molecule has 7 heteroatoms. The smallest absolute Gasteiger partial charge is 0.412 e. The Hall–Kier alpha value is -3.35. The molecule has 0 radical (unpaired) electrons. The van der Waals surface area contributed by atoms with E-state index < -0.39 is 6.09 Å². The van der Waals surface area contributed by atoms with Crippen LogP contribution in [0.4, 0.5) is 16.3 Å². The van der Waals surface area contributed by atoms with Gasteiger partial charge >= 0.3 is 6.09 Å². The first kappa shape index (κ1) is 18.4. The van der Waals surface area contributed by atoms with Crippen LogP contribution < -0.4 is 10.6 Å². The maximum absolute atomic E-state index is 11.8. The molecule has 0 bridgehead atoms. The van der Waals surface area contributed by atoms with Crippen molar-refractivity contribution in [2.75, 3.05) is 23.8 Å². The first-order chi connectivity index (χ1) is 13.3. The number of carbonyl (C=O) groups excluding carboxylic acids is 1. The number of ether oxygens (including phenoxy) is 1. The highest BCUT2D eigenvalue weighted by Crippen LogP contribution is 2.22. The minimum absolute atomic E-state index is 0.370. The van der Waals surface area contributed by atoms with Gasteiger partial charge in [0, 0.05) is 12.6 Å². The van der Waals surface area contributed by atoms with E-state index in [2.05, 4.69) is 49.9 Å². The summed E-state index contributed by atoms with van der Waals surface area (Å²) >= 11 is 0. The SMILES string of the molecule is CCCOC(=O)Nc1cc(NCC/C=C/c2ccccc2)c2[nH]cnc2n1. The van der Waals surface area contributed by atoms with Gasteiger partial charge in [0.05, 0.1) is 18.6 Å². The first-order valence-corrected chi connectivity index (χ1v) is 8.99. The molecule has 1 aromatic carbocycles. The normalized spacial score (nSPS) is 11.0. The highest BCUT2D eigenvalue weighted by Gasteiger charge is 2.10. The van der Waals surface area contributed by atoms with Gasteiger partial charge in [0.25, 0.3) is 0 Å². The van der Waals surface area contributed by atoms with Crippen molar-refractivity contribution in [1.82, 2.24) is 15.0 Å². The monoisotopic (exact) mass is 365 g/mol. The zero-order valence-corrected chi connectivity index (χ0v) is 15.2. The zero-order chi connectivity index (χ0) is 18.9. The van der Waals surface area contributed by atoms with Crippen LogP contribution in [0.25, 0.3) is 17.2 Å². The third-order valence-electron chi connectivity index (χ3n) is 3.80. The predicted octanol–water partition coefficient (Wildman–Crippen LogP) is 4.43. The summed E-state index contributed by atoms with van der Waals surface area (Å²) in [5, 5.41) is 6.00. The van der Waals surface area contributed by atoms with Gasteiger partial charge in [0.15, 0.2) is 5.65 Å². The van der Waals surface area contributed by atoms with Gasteiger partial charge < -0.3 is 15.0 Å². The second-order valence-corrected chi connectivity index (χ2v) is 5.95. The Kier molecular flexibility index (Phi) is 6.40. The molecule has 0 spiro atoms. The number of fused-ring (bicyclic) bond motifs is 1. The lowest BCUT2D eigenvalue weighted by atomic mass is 10.2. The average molecular weight is 365 g/mol. The number of rotatable bonds is 8. The minimum Gasteiger partial charge on any atom is -0.449 e. The summed E-state index contributed by atoms with van der Waals surface area (Å²) in [5.41, 5.74) is 3.34. The van der Waals surface area contributed by atoms with E-state index in [4.69, 9.17) is 4.74 Å². The molecule has 0 aliphatic carbocycles. The van der Waals surface area contributed by atoms with Crippen LogP contribution in [0.2, 0.25) is 0 Å². The number of hydrogen-bond acceptors (Lipinski definition) is 5. The standard InChI is InChI=1S/C20H23N5O2/c1-2-12-27-20(26)25-17-13-16(18-19(24-17)23-14-22-18)21-11-7-6-10-15-8-4-3-5-9-15/h3-6,8-10,13-14H,2,7,11-12H2,1H3,(H3,21,22,23,24,25,26)/b10-6+. The van der Waals surface area contributed by atoms with Crippen molar-refractivity contribution in [2.24, 2.45) is 0 Å². The van der Waals surface area contributed by atoms with E-state index in [1.807, 2.05) is 25.1 Å². The summed E-state index contributed by atoms with van der Waals surface area (Å²) in [6, 6.07) is 11.9. The molecule has 0 fully saturated rings. The van der Waals surface area contributed by atoms with Crippen LogP contribution in [0.15, 0.2) is 48.8 Å². The number of nitrogens with one attached hydrogen (secondary N) is 3. The highest BCUT2D eigenvalue weighted by molar-refractivity contribution is 5.91. The first-order valence-electron chi connectivity index (χ1n) is 8.99. The van der Waals surface area contributed by atoms with Gasteiger partial charge in [-0.1, -0.05) is 49.4 Å². The van der Waals surface area contributed by atoms with Gasteiger partial charge in [0.2, 0.25) is 0 Å². The molecule has 3 N–H and O–H groups in total. The zero-order valence-electron chi connectivity index (χ0n) is 15.2. The number of anilines is 2. The molecule has 2 aromatic heterocycles. The van der Waals surface area contributed by atoms with Crippen LogP contribution in [-0.2, 0) is 4.74 Å². The van der Waals surface area contributed by atoms with Gasteiger partial charge in [0.1, 0.15) is 11.3 Å². The van der Waals surface area contributed by atoms with Crippen LogP contribution in [-0.4, -0.2) is 34.2 Å². The van der Waals surface area contributed by atoms with Crippen LogP contribution in [0, 0.1) is 0 Å². The second kappa shape index (κ2) is 9.38. The van der Waals surface area contributed by atoms with Crippen molar-refractivity contribution >= 4 is 34.8 Å². The predicted molar refractivity (Wildman–Crippen MR) is 108 cm³/mol. The van der Waals surface area contributed by atoms with Crippen molar-refractivity contribution in [2.45, 2.75) is 19.8 Å². The molecule has 0 aliphatic heterocycles. The lowest BCUT2D eigenvalue weighted by molar-refractivity contribution is 0.161. The number of nitrogens with zero attached hydrogens (tertiary/aromatic N) is 2. The summed E-state index contributed by atoms with van der Waals surface area (Å²) in [6.07, 6.45) is 6.90. The molecule has 1 amide bonds. The van der Waals surface area contributed by atoms with E-state index in [0.717, 1.165) is 30.6 Å². The summed E-state index contributed by atoms with van der Waals surface area (Å²) in [5.74, 6) is 0.401. The van der Waals surface area contributed by atoms with Crippen molar-refractivity contribution in [3.8, 4) is 0 Å². The number of H-pyrrole nitrogens is 1. The van der Waals surface area contributed by atoms with E-state index in [9.17, 15) is 4.79 Å². The number of aromatic nitrogens is 3. The average Bonchev–Trinajstić information content (AvgIpc) is 3.15. The topological polar surface area (TPSA) is 91.9 Å². The van der Waals surface area contributed by atoms with Crippen LogP contribution in [0.5, 0.6) is 0 Å². The van der Waals surface area contributed by atoms with Crippen molar-refractivity contribution < 1.29 is 9.53 Å². The molecular weight excluding hydrogens is 342 g/mol. The third kappa shape index (κ3) is 5.31. The van der Waals surface area contributed by atoms with Gasteiger partial charge in [-0.2, -0.15) is 0 Å². The van der Waals surface area contributed by atoms with E-state index in [0.29, 0.717) is 18.1 Å². The lowest BCUT2D eigenvalue weighted by Gasteiger charge is -2.09. The Morgan fingerprint density at radius 2 is 2.15 bits per heavy atom. The molecule has 3 aromatic rings. The minimum atomic E-state index is -0.518. The highest BCUT2D eigenvalue weighted by atomic mass is 16.5. The number of benzene rings is 1. The number of amides is 1. The number of hydrogen-bond donors (Lipinski definition) is 3. The summed E-state index contributed by atoms with van der Waals surface area (Å²) in [7, 11) is 0. The van der Waals surface area contributed by atoms with Gasteiger partial charge in [-0.25, -0.2) is 14.8 Å². The second-order valence-electron chi connectivity index (χ2n) is 5.95. The Balaban J connectivity index is 1.62. The fraction of sp³-hybridized carbons (Fsp3) is 0.250. The lowest BCUT2D eigenvalue weighted by Crippen LogP contribution is -2.15. The number of pyridine rings is 1. The fourth-order valence-corrected chi connectivity index (χ4v) is 2.54. The molecule has 27 heavy (non-hydrogen) atoms. The molecule has 0 unspecified atom stereocenters. The Labute approximate surface area is 157 Å². The molecule has 0 saturated heterocycles. The molecule has 2 heterocycles. The van der Waals surface area contributed by atoms with Crippen LogP contribution >= 0.6 is 0 Å². The molecule has 0 aliphatic rings. The molecule has 140 valence electrons. The third-order valence-corrected chi connectivity index (χ3v) is 3.80.